The lowest BCUT2D eigenvalue weighted by molar-refractivity contribution is -0.142. The van der Waals surface area contributed by atoms with Gasteiger partial charge < -0.3 is 10.4 Å². The smallest absolute Gasteiger partial charge is 0.307 e. The number of carboxylic acids is 1. The van der Waals surface area contributed by atoms with Crippen LogP contribution in [-0.2, 0) is 4.79 Å². The van der Waals surface area contributed by atoms with Crippen LogP contribution in [0.4, 0.5) is 0 Å². The summed E-state index contributed by atoms with van der Waals surface area (Å²) in [5.41, 5.74) is 0. The Hall–Kier alpha value is -0.570. The molecule has 1 saturated carbocycles. The molecule has 1 aliphatic rings. The number of carbonyl (C=O) groups is 1. The van der Waals surface area contributed by atoms with Crippen molar-refractivity contribution in [2.24, 2.45) is 11.8 Å². The van der Waals surface area contributed by atoms with Crippen LogP contribution in [0.2, 0.25) is 0 Å². The van der Waals surface area contributed by atoms with E-state index in [2.05, 4.69) is 12.2 Å². The minimum absolute atomic E-state index is 0.0787. The highest BCUT2D eigenvalue weighted by Crippen LogP contribution is 2.27. The highest BCUT2D eigenvalue weighted by atomic mass is 16.4. The Kier molecular flexibility index (Phi) is 3.31. The quantitative estimate of drug-likeness (QED) is 0.697. The highest BCUT2D eigenvalue weighted by molar-refractivity contribution is 5.70. The predicted octanol–water partition coefficient (Wildman–Crippen LogP) is 1.48. The first kappa shape index (κ1) is 10.5. The molecule has 0 amide bonds. The molecule has 1 aliphatic carbocycles. The average molecular weight is 185 g/mol. The van der Waals surface area contributed by atoms with Gasteiger partial charge in [-0.1, -0.05) is 13.8 Å². The summed E-state index contributed by atoms with van der Waals surface area (Å²) >= 11 is 0. The third kappa shape index (κ3) is 2.69. The van der Waals surface area contributed by atoms with Gasteiger partial charge in [-0.05, 0) is 25.7 Å². The summed E-state index contributed by atoms with van der Waals surface area (Å²) in [6.45, 7) is 5.92. The Balaban J connectivity index is 2.24. The molecule has 0 aromatic carbocycles. The number of nitrogens with one attached hydrogen (secondary N) is 1. The van der Waals surface area contributed by atoms with Gasteiger partial charge in [-0.2, -0.15) is 0 Å². The van der Waals surface area contributed by atoms with Gasteiger partial charge in [0.1, 0.15) is 0 Å². The maximum absolute atomic E-state index is 10.7. The Morgan fingerprint density at radius 3 is 2.38 bits per heavy atom. The molecule has 0 bridgehead atoms. The van der Waals surface area contributed by atoms with E-state index in [9.17, 15) is 4.79 Å². The lowest BCUT2D eigenvalue weighted by Crippen LogP contribution is -2.48. The topological polar surface area (TPSA) is 49.3 Å². The molecule has 0 saturated heterocycles. The van der Waals surface area contributed by atoms with Crippen molar-refractivity contribution in [2.45, 2.75) is 45.7 Å². The van der Waals surface area contributed by atoms with Crippen LogP contribution in [-0.4, -0.2) is 23.2 Å². The van der Waals surface area contributed by atoms with Gasteiger partial charge in [-0.3, -0.25) is 4.79 Å². The number of aliphatic carboxylic acids is 1. The van der Waals surface area contributed by atoms with Crippen LogP contribution < -0.4 is 5.32 Å². The molecule has 3 heteroatoms. The molecule has 0 spiro atoms. The maximum atomic E-state index is 10.7. The summed E-state index contributed by atoms with van der Waals surface area (Å²) in [5, 5.41) is 12.1. The van der Waals surface area contributed by atoms with Crippen LogP contribution in [0.5, 0.6) is 0 Å². The molecule has 0 radical (unpaired) electrons. The minimum atomic E-state index is -0.715. The SMILES string of the molecule is CC1CC(NC(C)C(C)C(=O)O)C1. The normalized spacial score (nSPS) is 31.9. The molecule has 1 rings (SSSR count). The largest absolute Gasteiger partial charge is 0.481 e. The average Bonchev–Trinajstić information content (AvgIpc) is 2.00. The first-order valence-electron chi connectivity index (χ1n) is 4.99. The van der Waals surface area contributed by atoms with E-state index in [0.29, 0.717) is 6.04 Å². The Morgan fingerprint density at radius 1 is 1.46 bits per heavy atom. The van der Waals surface area contributed by atoms with E-state index >= 15 is 0 Å². The van der Waals surface area contributed by atoms with Gasteiger partial charge in [-0.25, -0.2) is 0 Å². The second kappa shape index (κ2) is 4.09. The van der Waals surface area contributed by atoms with Crippen LogP contribution in [0.1, 0.15) is 33.6 Å². The number of rotatable bonds is 4. The van der Waals surface area contributed by atoms with Crippen molar-refractivity contribution >= 4 is 5.97 Å². The van der Waals surface area contributed by atoms with E-state index in [1.54, 1.807) is 6.92 Å². The first-order chi connectivity index (χ1) is 6.00. The standard InChI is InChI=1S/C10H19NO2/c1-6-4-9(5-6)11-8(3)7(2)10(12)13/h6-9,11H,4-5H2,1-3H3,(H,12,13). The molecule has 2 unspecified atom stereocenters. The van der Waals surface area contributed by atoms with Gasteiger partial charge in [0.2, 0.25) is 0 Å². The maximum Gasteiger partial charge on any atom is 0.307 e. The third-order valence-electron chi connectivity index (χ3n) is 3.01. The number of hydrogen-bond donors (Lipinski definition) is 2. The molecule has 0 heterocycles. The summed E-state index contributed by atoms with van der Waals surface area (Å²) in [6, 6.07) is 0.627. The molecule has 0 aromatic heterocycles. The van der Waals surface area contributed by atoms with E-state index in [1.807, 2.05) is 6.92 Å². The molecule has 0 aliphatic heterocycles. The zero-order chi connectivity index (χ0) is 10.0. The van der Waals surface area contributed by atoms with Crippen molar-refractivity contribution in [1.29, 1.82) is 0 Å². The first-order valence-corrected chi connectivity index (χ1v) is 4.99. The summed E-state index contributed by atoms with van der Waals surface area (Å²) in [6.07, 6.45) is 2.38. The molecule has 3 nitrogen and oxygen atoms in total. The summed E-state index contributed by atoms with van der Waals surface area (Å²) in [7, 11) is 0. The van der Waals surface area contributed by atoms with Crippen molar-refractivity contribution in [2.75, 3.05) is 0 Å². The van der Waals surface area contributed by atoms with Crippen molar-refractivity contribution < 1.29 is 9.90 Å². The van der Waals surface area contributed by atoms with E-state index in [1.165, 1.54) is 12.8 Å². The van der Waals surface area contributed by atoms with E-state index in [4.69, 9.17) is 5.11 Å². The van der Waals surface area contributed by atoms with Crippen molar-refractivity contribution in [3.8, 4) is 0 Å². The lowest BCUT2D eigenvalue weighted by Gasteiger charge is -2.36. The zero-order valence-corrected chi connectivity index (χ0v) is 8.58. The summed E-state index contributed by atoms with van der Waals surface area (Å²) in [4.78, 5) is 10.7. The van der Waals surface area contributed by atoms with Gasteiger partial charge in [0, 0.05) is 12.1 Å². The monoisotopic (exact) mass is 185 g/mol. The van der Waals surface area contributed by atoms with Crippen molar-refractivity contribution in [1.82, 2.24) is 5.32 Å². The molecule has 0 aromatic rings. The van der Waals surface area contributed by atoms with Crippen molar-refractivity contribution in [3.63, 3.8) is 0 Å². The van der Waals surface area contributed by atoms with Gasteiger partial charge in [0.15, 0.2) is 0 Å². The fourth-order valence-electron chi connectivity index (χ4n) is 1.77. The lowest BCUT2D eigenvalue weighted by atomic mass is 9.81. The molecule has 2 atom stereocenters. The van der Waals surface area contributed by atoms with Crippen LogP contribution in [0.3, 0.4) is 0 Å². The van der Waals surface area contributed by atoms with E-state index < -0.39 is 5.97 Å². The number of carboxylic acid groups (broad SMARTS) is 1. The van der Waals surface area contributed by atoms with Gasteiger partial charge in [0.05, 0.1) is 5.92 Å². The molecule has 76 valence electrons. The Labute approximate surface area is 79.5 Å². The Bertz CT molecular complexity index is 187. The number of hydrogen-bond acceptors (Lipinski definition) is 2. The van der Waals surface area contributed by atoms with Gasteiger partial charge in [-0.15, -0.1) is 0 Å². The van der Waals surface area contributed by atoms with Crippen LogP contribution in [0.15, 0.2) is 0 Å². The second-order valence-corrected chi connectivity index (χ2v) is 4.36. The molecular formula is C10H19NO2. The fourth-order valence-corrected chi connectivity index (χ4v) is 1.77. The van der Waals surface area contributed by atoms with Crippen LogP contribution >= 0.6 is 0 Å². The summed E-state index contributed by atoms with van der Waals surface area (Å²) in [5.74, 6) is -0.201. The van der Waals surface area contributed by atoms with Crippen molar-refractivity contribution in [3.05, 3.63) is 0 Å². The molecule has 13 heavy (non-hydrogen) atoms. The predicted molar refractivity (Wildman–Crippen MR) is 51.6 cm³/mol. The van der Waals surface area contributed by atoms with Gasteiger partial charge >= 0.3 is 5.97 Å². The molecule has 2 N–H and O–H groups in total. The second-order valence-electron chi connectivity index (χ2n) is 4.36. The van der Waals surface area contributed by atoms with Crippen LogP contribution in [0.25, 0.3) is 0 Å². The zero-order valence-electron chi connectivity index (χ0n) is 8.58. The molecular weight excluding hydrogens is 166 g/mol. The van der Waals surface area contributed by atoms with Gasteiger partial charge in [0.25, 0.3) is 0 Å². The highest BCUT2D eigenvalue weighted by Gasteiger charge is 2.29. The van der Waals surface area contributed by atoms with E-state index in [0.717, 1.165) is 5.92 Å². The molecule has 1 fully saturated rings. The Morgan fingerprint density at radius 2 is 2.00 bits per heavy atom. The fraction of sp³-hybridized carbons (Fsp3) is 0.900. The summed E-state index contributed by atoms with van der Waals surface area (Å²) < 4.78 is 0. The minimum Gasteiger partial charge on any atom is -0.481 e. The van der Waals surface area contributed by atoms with E-state index in [-0.39, 0.29) is 12.0 Å². The third-order valence-corrected chi connectivity index (χ3v) is 3.01. The van der Waals surface area contributed by atoms with Crippen LogP contribution in [0, 0.1) is 11.8 Å².